The normalized spacial score (nSPS) is 20.5. The minimum atomic E-state index is 0.742. The molecule has 1 rings (SSSR count). The first-order valence-corrected chi connectivity index (χ1v) is 9.92. The highest BCUT2D eigenvalue weighted by atomic mass is 32.2. The lowest BCUT2D eigenvalue weighted by Gasteiger charge is -2.33. The zero-order valence-electron chi connectivity index (χ0n) is 14.2. The summed E-state index contributed by atoms with van der Waals surface area (Å²) in [5, 5.41) is 6.81. The molecule has 0 radical (unpaired) electrons. The Kier molecular flexibility index (Phi) is 10.8. The molecule has 0 saturated carbocycles. The van der Waals surface area contributed by atoms with Gasteiger partial charge in [0.15, 0.2) is 5.96 Å². The van der Waals surface area contributed by atoms with Gasteiger partial charge in [-0.15, -0.1) is 0 Å². The average Bonchev–Trinajstić information content (AvgIpc) is 2.49. The number of thioether (sulfide) groups is 1. The fourth-order valence-corrected chi connectivity index (χ4v) is 3.19. The van der Waals surface area contributed by atoms with Crippen LogP contribution in [0.4, 0.5) is 0 Å². The molecular formula is C16H34N4S. The highest BCUT2D eigenvalue weighted by molar-refractivity contribution is 7.98. The van der Waals surface area contributed by atoms with Crippen LogP contribution in [0.2, 0.25) is 0 Å². The van der Waals surface area contributed by atoms with E-state index >= 15 is 0 Å². The number of unbranched alkanes of at least 4 members (excludes halogenated alkanes) is 1. The zero-order chi connectivity index (χ0) is 15.3. The summed E-state index contributed by atoms with van der Waals surface area (Å²) in [5.41, 5.74) is 0. The van der Waals surface area contributed by atoms with Gasteiger partial charge in [0.25, 0.3) is 0 Å². The molecule has 5 heteroatoms. The van der Waals surface area contributed by atoms with E-state index in [4.69, 9.17) is 0 Å². The Morgan fingerprint density at radius 3 is 2.86 bits per heavy atom. The Balaban J connectivity index is 2.21. The SMILES string of the molecule is CCNC(=NCCCCSC)NCCN1CCCCC1C. The van der Waals surface area contributed by atoms with Crippen LogP contribution in [0.1, 0.15) is 46.0 Å². The van der Waals surface area contributed by atoms with Crippen molar-refractivity contribution in [1.82, 2.24) is 15.5 Å². The first-order chi connectivity index (χ1) is 10.3. The average molecular weight is 315 g/mol. The lowest BCUT2D eigenvalue weighted by Crippen LogP contribution is -2.45. The van der Waals surface area contributed by atoms with Gasteiger partial charge in [-0.25, -0.2) is 0 Å². The molecule has 0 aromatic carbocycles. The summed E-state index contributed by atoms with van der Waals surface area (Å²) in [4.78, 5) is 7.25. The van der Waals surface area contributed by atoms with Crippen molar-refractivity contribution < 1.29 is 0 Å². The van der Waals surface area contributed by atoms with Gasteiger partial charge < -0.3 is 10.6 Å². The number of guanidine groups is 1. The number of hydrogen-bond acceptors (Lipinski definition) is 3. The minimum Gasteiger partial charge on any atom is -0.357 e. The molecule has 4 nitrogen and oxygen atoms in total. The van der Waals surface area contributed by atoms with Gasteiger partial charge in [-0.1, -0.05) is 6.42 Å². The summed E-state index contributed by atoms with van der Waals surface area (Å²) < 4.78 is 0. The van der Waals surface area contributed by atoms with Gasteiger partial charge in [-0.2, -0.15) is 11.8 Å². The van der Waals surface area contributed by atoms with E-state index in [2.05, 4.69) is 40.6 Å². The predicted molar refractivity (Wildman–Crippen MR) is 96.5 cm³/mol. The van der Waals surface area contributed by atoms with E-state index in [1.807, 2.05) is 11.8 Å². The Morgan fingerprint density at radius 2 is 2.14 bits per heavy atom. The van der Waals surface area contributed by atoms with Gasteiger partial charge in [0.05, 0.1) is 0 Å². The van der Waals surface area contributed by atoms with Crippen molar-refractivity contribution in [2.75, 3.05) is 44.7 Å². The molecule has 0 aromatic rings. The highest BCUT2D eigenvalue weighted by Gasteiger charge is 2.17. The molecular weight excluding hydrogens is 280 g/mol. The summed E-state index contributed by atoms with van der Waals surface area (Å²) >= 11 is 1.92. The van der Waals surface area contributed by atoms with Crippen LogP contribution in [0.3, 0.4) is 0 Å². The highest BCUT2D eigenvalue weighted by Crippen LogP contribution is 2.15. The number of piperidine rings is 1. The quantitative estimate of drug-likeness (QED) is 0.390. The third-order valence-electron chi connectivity index (χ3n) is 4.00. The van der Waals surface area contributed by atoms with E-state index < -0.39 is 0 Å². The van der Waals surface area contributed by atoms with Crippen LogP contribution in [0.15, 0.2) is 4.99 Å². The lowest BCUT2D eigenvalue weighted by atomic mass is 10.0. The Morgan fingerprint density at radius 1 is 1.29 bits per heavy atom. The number of likely N-dealkylation sites (tertiary alicyclic amines) is 1. The van der Waals surface area contributed by atoms with Gasteiger partial charge in [-0.3, -0.25) is 9.89 Å². The number of nitrogens with one attached hydrogen (secondary N) is 2. The summed E-state index contributed by atoms with van der Waals surface area (Å²) in [6, 6.07) is 0.742. The molecule has 124 valence electrons. The molecule has 21 heavy (non-hydrogen) atoms. The number of hydrogen-bond donors (Lipinski definition) is 2. The standard InChI is InChI=1S/C16H34N4S/c1-4-17-16(18-10-6-8-14-21-3)19-11-13-20-12-7-5-9-15(20)2/h15H,4-14H2,1-3H3,(H2,17,18,19). The van der Waals surface area contributed by atoms with Crippen molar-refractivity contribution in [3.63, 3.8) is 0 Å². The minimum absolute atomic E-state index is 0.742. The smallest absolute Gasteiger partial charge is 0.191 e. The molecule has 2 N–H and O–H groups in total. The van der Waals surface area contributed by atoms with E-state index in [-0.39, 0.29) is 0 Å². The summed E-state index contributed by atoms with van der Waals surface area (Å²) in [6.45, 7) is 9.69. The molecule has 1 heterocycles. The monoisotopic (exact) mass is 314 g/mol. The van der Waals surface area contributed by atoms with Crippen molar-refractivity contribution in [3.05, 3.63) is 0 Å². The molecule has 1 saturated heterocycles. The van der Waals surface area contributed by atoms with E-state index in [0.717, 1.165) is 38.2 Å². The maximum absolute atomic E-state index is 4.65. The number of rotatable bonds is 9. The molecule has 0 amide bonds. The third-order valence-corrected chi connectivity index (χ3v) is 4.70. The number of aliphatic imine (C=N–C) groups is 1. The number of nitrogens with zero attached hydrogens (tertiary/aromatic N) is 2. The van der Waals surface area contributed by atoms with Crippen LogP contribution < -0.4 is 10.6 Å². The second kappa shape index (κ2) is 12.2. The van der Waals surface area contributed by atoms with E-state index in [0.29, 0.717) is 0 Å². The summed E-state index contributed by atoms with van der Waals surface area (Å²) in [7, 11) is 0. The summed E-state index contributed by atoms with van der Waals surface area (Å²) in [5.74, 6) is 2.22. The Labute approximate surface area is 135 Å². The fraction of sp³-hybridized carbons (Fsp3) is 0.938. The van der Waals surface area contributed by atoms with Crippen molar-refractivity contribution >= 4 is 17.7 Å². The van der Waals surface area contributed by atoms with Gasteiger partial charge in [0.2, 0.25) is 0 Å². The molecule has 1 fully saturated rings. The van der Waals surface area contributed by atoms with Gasteiger partial charge in [-0.05, 0) is 58.1 Å². The van der Waals surface area contributed by atoms with Gasteiger partial charge in [0, 0.05) is 32.2 Å². The second-order valence-corrected chi connectivity index (χ2v) is 6.75. The van der Waals surface area contributed by atoms with Crippen LogP contribution in [-0.2, 0) is 0 Å². The van der Waals surface area contributed by atoms with Crippen LogP contribution in [0.5, 0.6) is 0 Å². The van der Waals surface area contributed by atoms with Crippen LogP contribution in [-0.4, -0.2) is 61.6 Å². The molecule has 0 aromatic heterocycles. The first kappa shape index (κ1) is 18.6. The van der Waals surface area contributed by atoms with E-state index in [9.17, 15) is 0 Å². The molecule has 0 spiro atoms. The summed E-state index contributed by atoms with van der Waals surface area (Å²) in [6.07, 6.45) is 8.70. The molecule has 0 bridgehead atoms. The van der Waals surface area contributed by atoms with Crippen molar-refractivity contribution in [2.45, 2.75) is 52.0 Å². The van der Waals surface area contributed by atoms with E-state index in [1.165, 1.54) is 44.4 Å². The predicted octanol–water partition coefficient (Wildman–Crippen LogP) is 2.56. The maximum Gasteiger partial charge on any atom is 0.191 e. The Hall–Kier alpha value is -0.420. The lowest BCUT2D eigenvalue weighted by molar-refractivity contribution is 0.163. The topological polar surface area (TPSA) is 39.7 Å². The maximum atomic E-state index is 4.65. The van der Waals surface area contributed by atoms with Crippen LogP contribution >= 0.6 is 11.8 Å². The van der Waals surface area contributed by atoms with Gasteiger partial charge >= 0.3 is 0 Å². The third kappa shape index (κ3) is 8.57. The van der Waals surface area contributed by atoms with Crippen LogP contribution in [0, 0.1) is 0 Å². The van der Waals surface area contributed by atoms with E-state index in [1.54, 1.807) is 0 Å². The molecule has 1 aliphatic rings. The van der Waals surface area contributed by atoms with Crippen molar-refractivity contribution in [3.8, 4) is 0 Å². The van der Waals surface area contributed by atoms with Gasteiger partial charge in [0.1, 0.15) is 0 Å². The molecule has 0 aliphatic carbocycles. The largest absolute Gasteiger partial charge is 0.357 e. The van der Waals surface area contributed by atoms with Crippen molar-refractivity contribution in [2.24, 2.45) is 4.99 Å². The molecule has 1 unspecified atom stereocenters. The molecule has 1 aliphatic heterocycles. The fourth-order valence-electron chi connectivity index (χ4n) is 2.70. The van der Waals surface area contributed by atoms with Crippen molar-refractivity contribution in [1.29, 1.82) is 0 Å². The first-order valence-electron chi connectivity index (χ1n) is 8.53. The Bertz CT molecular complexity index is 283. The van der Waals surface area contributed by atoms with Crippen LogP contribution in [0.25, 0.3) is 0 Å². The second-order valence-electron chi connectivity index (χ2n) is 5.77. The zero-order valence-corrected chi connectivity index (χ0v) is 15.0. The molecule has 1 atom stereocenters.